The van der Waals surface area contributed by atoms with Gasteiger partial charge in [0.2, 0.25) is 0 Å². The van der Waals surface area contributed by atoms with Crippen molar-refractivity contribution in [2.45, 2.75) is 20.8 Å². The molecule has 0 atom stereocenters. The third kappa shape index (κ3) is 3.61. The quantitative estimate of drug-likeness (QED) is 0.665. The molecule has 0 bridgehead atoms. The lowest BCUT2D eigenvalue weighted by Gasteiger charge is -2.26. The van der Waals surface area contributed by atoms with Crippen molar-refractivity contribution in [1.29, 1.82) is 0 Å². The van der Waals surface area contributed by atoms with Crippen molar-refractivity contribution in [3.05, 3.63) is 0 Å². The molecule has 0 heterocycles. The van der Waals surface area contributed by atoms with Crippen LogP contribution >= 0.6 is 31.9 Å². The summed E-state index contributed by atoms with van der Waals surface area (Å²) in [4.78, 5) is 0. The highest BCUT2D eigenvalue weighted by molar-refractivity contribution is 9.09. The summed E-state index contributed by atoms with van der Waals surface area (Å²) in [7, 11) is 0. The molecule has 0 unspecified atom stereocenters. The molecule has 0 aliphatic rings. The Hall–Kier alpha value is 0.960. The summed E-state index contributed by atoms with van der Waals surface area (Å²) < 4.78 is 0. The van der Waals surface area contributed by atoms with Gasteiger partial charge < -0.3 is 0 Å². The van der Waals surface area contributed by atoms with Crippen LogP contribution in [0.15, 0.2) is 0 Å². The molecule has 2 heteroatoms. The van der Waals surface area contributed by atoms with Gasteiger partial charge in [0.25, 0.3) is 0 Å². The molecule has 0 aromatic rings. The second-order valence-electron chi connectivity index (χ2n) is 3.37. The second kappa shape index (κ2) is 3.97. The lowest BCUT2D eigenvalue weighted by molar-refractivity contribution is 0.297. The molecule has 9 heavy (non-hydrogen) atoms. The first-order valence-corrected chi connectivity index (χ1v) is 5.38. The van der Waals surface area contributed by atoms with Crippen LogP contribution in [0.1, 0.15) is 20.8 Å². The van der Waals surface area contributed by atoms with Gasteiger partial charge in [-0.25, -0.2) is 0 Å². The molecule has 0 aromatic carbocycles. The lowest BCUT2D eigenvalue weighted by atomic mass is 9.84. The van der Waals surface area contributed by atoms with Gasteiger partial charge >= 0.3 is 0 Å². The first kappa shape index (κ1) is 9.96. The molecule has 0 fully saturated rings. The van der Waals surface area contributed by atoms with E-state index in [0.29, 0.717) is 5.41 Å². The SMILES string of the molecule is CC(C)(C)C(CBr)CBr. The maximum absolute atomic E-state index is 3.48. The second-order valence-corrected chi connectivity index (χ2v) is 4.67. The van der Waals surface area contributed by atoms with Crippen molar-refractivity contribution in [2.75, 3.05) is 10.7 Å². The maximum atomic E-state index is 3.48. The Morgan fingerprint density at radius 1 is 1.11 bits per heavy atom. The molecule has 0 amide bonds. The minimum atomic E-state index is 0.424. The topological polar surface area (TPSA) is 0 Å². The van der Waals surface area contributed by atoms with Crippen LogP contribution in [0.5, 0.6) is 0 Å². The van der Waals surface area contributed by atoms with Crippen LogP contribution in [0, 0.1) is 11.3 Å². The van der Waals surface area contributed by atoms with Crippen molar-refractivity contribution in [2.24, 2.45) is 11.3 Å². The first-order valence-electron chi connectivity index (χ1n) is 3.14. The number of rotatable bonds is 2. The molecule has 0 rings (SSSR count). The fourth-order valence-corrected chi connectivity index (χ4v) is 3.52. The van der Waals surface area contributed by atoms with E-state index >= 15 is 0 Å². The maximum Gasteiger partial charge on any atom is 0.00726 e. The smallest absolute Gasteiger partial charge is 0.00726 e. The first-order chi connectivity index (χ1) is 4.02. The van der Waals surface area contributed by atoms with Crippen LogP contribution in [-0.2, 0) is 0 Å². The minimum absolute atomic E-state index is 0.424. The zero-order valence-electron chi connectivity index (χ0n) is 6.25. The predicted octanol–water partition coefficient (Wildman–Crippen LogP) is 3.44. The Bertz CT molecular complexity index is 69.5. The van der Waals surface area contributed by atoms with Crippen molar-refractivity contribution in [3.8, 4) is 0 Å². The van der Waals surface area contributed by atoms with E-state index in [0.717, 1.165) is 16.6 Å². The van der Waals surface area contributed by atoms with E-state index in [1.165, 1.54) is 0 Å². The highest BCUT2D eigenvalue weighted by Gasteiger charge is 2.21. The Labute approximate surface area is 74.7 Å². The van der Waals surface area contributed by atoms with Gasteiger partial charge in [-0.15, -0.1) is 0 Å². The van der Waals surface area contributed by atoms with E-state index < -0.39 is 0 Å². The van der Waals surface area contributed by atoms with E-state index in [4.69, 9.17) is 0 Å². The normalized spacial score (nSPS) is 12.7. The molecule has 0 nitrogen and oxygen atoms in total. The van der Waals surface area contributed by atoms with Crippen LogP contribution in [0.2, 0.25) is 0 Å². The zero-order chi connectivity index (χ0) is 7.49. The van der Waals surface area contributed by atoms with E-state index in [9.17, 15) is 0 Å². The van der Waals surface area contributed by atoms with E-state index in [-0.39, 0.29) is 0 Å². The van der Waals surface area contributed by atoms with Gasteiger partial charge in [0, 0.05) is 10.7 Å². The Balaban J connectivity index is 3.79. The van der Waals surface area contributed by atoms with Gasteiger partial charge in [-0.2, -0.15) is 0 Å². The van der Waals surface area contributed by atoms with Crippen LogP contribution < -0.4 is 0 Å². The molecule has 0 radical (unpaired) electrons. The standard InChI is InChI=1S/C7H14Br2/c1-7(2,3)6(4-8)5-9/h6H,4-5H2,1-3H3. The predicted molar refractivity (Wildman–Crippen MR) is 50.5 cm³/mol. The van der Waals surface area contributed by atoms with Gasteiger partial charge in [-0.05, 0) is 11.3 Å². The molecule has 0 N–H and O–H groups in total. The molecule has 0 saturated carbocycles. The van der Waals surface area contributed by atoms with Crippen LogP contribution in [0.25, 0.3) is 0 Å². The summed E-state index contributed by atoms with van der Waals surface area (Å²) in [5, 5.41) is 2.17. The molecule has 0 spiro atoms. The molecular formula is C7H14Br2. The summed E-state index contributed by atoms with van der Waals surface area (Å²) in [5.41, 5.74) is 0.424. The van der Waals surface area contributed by atoms with Gasteiger partial charge in [-0.1, -0.05) is 52.6 Å². The van der Waals surface area contributed by atoms with E-state index in [1.807, 2.05) is 0 Å². The lowest BCUT2D eigenvalue weighted by Crippen LogP contribution is -2.22. The fourth-order valence-electron chi connectivity index (χ4n) is 0.504. The van der Waals surface area contributed by atoms with E-state index in [1.54, 1.807) is 0 Å². The summed E-state index contributed by atoms with van der Waals surface area (Å²) in [6, 6.07) is 0. The molecular weight excluding hydrogens is 244 g/mol. The van der Waals surface area contributed by atoms with Gasteiger partial charge in [0.05, 0.1) is 0 Å². The average Bonchev–Trinajstić information content (AvgIpc) is 1.65. The molecule has 0 aliphatic heterocycles. The zero-order valence-corrected chi connectivity index (χ0v) is 9.42. The monoisotopic (exact) mass is 256 g/mol. The van der Waals surface area contributed by atoms with Crippen molar-refractivity contribution >= 4 is 31.9 Å². The van der Waals surface area contributed by atoms with E-state index in [2.05, 4.69) is 52.6 Å². The Kier molecular flexibility index (Phi) is 4.39. The van der Waals surface area contributed by atoms with Crippen molar-refractivity contribution in [1.82, 2.24) is 0 Å². The Morgan fingerprint density at radius 3 is 1.44 bits per heavy atom. The van der Waals surface area contributed by atoms with Gasteiger partial charge in [0.1, 0.15) is 0 Å². The number of halogens is 2. The number of hydrogen-bond donors (Lipinski definition) is 0. The summed E-state index contributed by atoms with van der Waals surface area (Å²) in [6.07, 6.45) is 0. The molecule has 0 aliphatic carbocycles. The van der Waals surface area contributed by atoms with Gasteiger partial charge in [0.15, 0.2) is 0 Å². The summed E-state index contributed by atoms with van der Waals surface area (Å²) >= 11 is 6.96. The highest BCUT2D eigenvalue weighted by Crippen LogP contribution is 2.28. The Morgan fingerprint density at radius 2 is 1.44 bits per heavy atom. The van der Waals surface area contributed by atoms with Crippen LogP contribution in [-0.4, -0.2) is 10.7 Å². The minimum Gasteiger partial charge on any atom is -0.0925 e. The third-order valence-corrected chi connectivity index (χ3v) is 3.16. The largest absolute Gasteiger partial charge is 0.0925 e. The fraction of sp³-hybridized carbons (Fsp3) is 1.00. The van der Waals surface area contributed by atoms with Crippen molar-refractivity contribution < 1.29 is 0 Å². The molecule has 0 saturated heterocycles. The highest BCUT2D eigenvalue weighted by atomic mass is 79.9. The van der Waals surface area contributed by atoms with Crippen LogP contribution in [0.4, 0.5) is 0 Å². The molecule has 0 aromatic heterocycles. The molecule has 56 valence electrons. The van der Waals surface area contributed by atoms with Crippen molar-refractivity contribution in [3.63, 3.8) is 0 Å². The summed E-state index contributed by atoms with van der Waals surface area (Å²) in [6.45, 7) is 6.79. The third-order valence-electron chi connectivity index (χ3n) is 1.60. The number of hydrogen-bond acceptors (Lipinski definition) is 0. The van der Waals surface area contributed by atoms with Crippen LogP contribution in [0.3, 0.4) is 0 Å². The average molecular weight is 258 g/mol. The summed E-state index contributed by atoms with van der Waals surface area (Å²) in [5.74, 6) is 0.734. The van der Waals surface area contributed by atoms with Gasteiger partial charge in [-0.3, -0.25) is 0 Å². The number of alkyl halides is 2.